The van der Waals surface area contributed by atoms with Crippen LogP contribution in [-0.4, -0.2) is 27.5 Å². The third kappa shape index (κ3) is 7.33. The minimum atomic E-state index is -0.899. The van der Waals surface area contributed by atoms with Crippen LogP contribution in [0.15, 0.2) is 60.2 Å². The molecule has 0 aromatic heterocycles. The summed E-state index contributed by atoms with van der Waals surface area (Å²) in [7, 11) is 0. The summed E-state index contributed by atoms with van der Waals surface area (Å²) in [5.74, 6) is 6.82. The first-order chi connectivity index (χ1) is 13.7. The number of rotatable bonds is 6. The molecule has 3 atom stereocenters. The summed E-state index contributed by atoms with van der Waals surface area (Å²) in [6, 6.07) is 7.75. The van der Waals surface area contributed by atoms with Gasteiger partial charge in [-0.2, -0.15) is 0 Å². The number of hydrogen-bond donors (Lipinski definition) is 3. The fraction of sp³-hybridized carbons (Fsp3) is 0.462. The predicted molar refractivity (Wildman–Crippen MR) is 119 cm³/mol. The molecule has 1 aliphatic rings. The van der Waals surface area contributed by atoms with Gasteiger partial charge in [0.25, 0.3) is 0 Å². The smallest absolute Gasteiger partial charge is 0.0852 e. The highest BCUT2D eigenvalue weighted by molar-refractivity contribution is 5.44. The zero-order valence-electron chi connectivity index (χ0n) is 17.9. The van der Waals surface area contributed by atoms with E-state index in [9.17, 15) is 15.3 Å². The first-order valence-electron chi connectivity index (χ1n) is 10.4. The van der Waals surface area contributed by atoms with Crippen molar-refractivity contribution in [2.75, 3.05) is 0 Å². The highest BCUT2D eigenvalue weighted by Crippen LogP contribution is 2.28. The van der Waals surface area contributed by atoms with E-state index in [0.29, 0.717) is 12.8 Å². The maximum atomic E-state index is 10.3. The molecule has 0 aliphatic heterocycles. The van der Waals surface area contributed by atoms with Gasteiger partial charge in [0.15, 0.2) is 0 Å². The second-order valence-corrected chi connectivity index (χ2v) is 8.46. The van der Waals surface area contributed by atoms with Crippen LogP contribution in [0.2, 0.25) is 0 Å². The fourth-order valence-corrected chi connectivity index (χ4v) is 3.48. The first-order valence-corrected chi connectivity index (χ1v) is 10.4. The summed E-state index contributed by atoms with van der Waals surface area (Å²) in [5, 5.41) is 29.9. The van der Waals surface area contributed by atoms with Gasteiger partial charge in [0.05, 0.1) is 17.8 Å². The Morgan fingerprint density at radius 1 is 1.28 bits per heavy atom. The van der Waals surface area contributed by atoms with E-state index in [1.807, 2.05) is 36.4 Å². The lowest BCUT2D eigenvalue weighted by Gasteiger charge is -2.26. The van der Waals surface area contributed by atoms with E-state index in [1.54, 1.807) is 13.8 Å². The molecule has 0 saturated heterocycles. The molecule has 0 unspecified atom stereocenters. The average Bonchev–Trinajstić information content (AvgIpc) is 2.66. The molecule has 0 amide bonds. The minimum absolute atomic E-state index is 0.278. The van der Waals surface area contributed by atoms with Crippen LogP contribution in [0.1, 0.15) is 64.0 Å². The van der Waals surface area contributed by atoms with Crippen molar-refractivity contribution in [2.24, 2.45) is 5.92 Å². The average molecular weight is 395 g/mol. The molecular weight excluding hydrogens is 360 g/mol. The van der Waals surface area contributed by atoms with E-state index in [0.717, 1.165) is 41.5 Å². The highest BCUT2D eigenvalue weighted by Gasteiger charge is 2.24. The van der Waals surface area contributed by atoms with Crippen molar-refractivity contribution in [2.45, 2.75) is 70.7 Å². The number of unbranched alkanes of at least 4 members (excludes halogenated alkanes) is 1. The Hall–Kier alpha value is -2.12. The summed E-state index contributed by atoms with van der Waals surface area (Å²) in [4.78, 5) is 0. The van der Waals surface area contributed by atoms with E-state index >= 15 is 0 Å². The summed E-state index contributed by atoms with van der Waals surface area (Å²) in [5.41, 5.74) is 2.49. The van der Waals surface area contributed by atoms with Gasteiger partial charge < -0.3 is 15.3 Å². The van der Waals surface area contributed by atoms with Crippen molar-refractivity contribution in [1.82, 2.24) is 0 Å². The van der Waals surface area contributed by atoms with E-state index in [2.05, 4.69) is 31.4 Å². The van der Waals surface area contributed by atoms with E-state index in [-0.39, 0.29) is 5.92 Å². The van der Waals surface area contributed by atoms with Crippen LogP contribution >= 0.6 is 0 Å². The molecular formula is C26H34O3. The van der Waals surface area contributed by atoms with Gasteiger partial charge in [-0.15, -0.1) is 0 Å². The van der Waals surface area contributed by atoms with Gasteiger partial charge in [-0.3, -0.25) is 0 Å². The molecule has 1 fully saturated rings. The van der Waals surface area contributed by atoms with Crippen LogP contribution in [0.3, 0.4) is 0 Å². The molecule has 1 aromatic carbocycles. The summed E-state index contributed by atoms with van der Waals surface area (Å²) >= 11 is 0. The quantitative estimate of drug-likeness (QED) is 0.487. The SMILES string of the molecule is C=C1/C(=C\C=C\CCC[C@@H](C)C#Cc2ccccc2C(C)(C)O)C[C@@H](O)C[C@@H]1O. The molecule has 2 rings (SSSR count). The number of allylic oxidation sites excluding steroid dienone is 3. The normalized spacial score (nSPS) is 22.6. The van der Waals surface area contributed by atoms with Gasteiger partial charge in [0, 0.05) is 17.9 Å². The highest BCUT2D eigenvalue weighted by atomic mass is 16.3. The Bertz CT molecular complexity index is 814. The third-order valence-corrected chi connectivity index (χ3v) is 5.25. The second kappa shape index (κ2) is 10.6. The molecule has 1 aromatic rings. The van der Waals surface area contributed by atoms with Crippen LogP contribution in [-0.2, 0) is 5.60 Å². The van der Waals surface area contributed by atoms with Gasteiger partial charge in [-0.05, 0) is 62.3 Å². The Morgan fingerprint density at radius 2 is 2.00 bits per heavy atom. The Balaban J connectivity index is 1.82. The number of hydrogen-bond acceptors (Lipinski definition) is 3. The minimum Gasteiger partial charge on any atom is -0.393 e. The Kier molecular flexibility index (Phi) is 8.46. The molecule has 0 radical (unpaired) electrons. The van der Waals surface area contributed by atoms with Crippen molar-refractivity contribution in [3.8, 4) is 11.8 Å². The molecule has 0 heterocycles. The molecule has 1 aliphatic carbocycles. The predicted octanol–water partition coefficient (Wildman–Crippen LogP) is 4.63. The van der Waals surface area contributed by atoms with Gasteiger partial charge in [0.2, 0.25) is 0 Å². The van der Waals surface area contributed by atoms with E-state index < -0.39 is 17.8 Å². The molecule has 3 N–H and O–H groups in total. The molecule has 3 nitrogen and oxygen atoms in total. The lowest BCUT2D eigenvalue weighted by molar-refractivity contribution is 0.0783. The van der Waals surface area contributed by atoms with Crippen LogP contribution in [0.4, 0.5) is 0 Å². The first kappa shape index (κ1) is 23.2. The number of aliphatic hydroxyl groups excluding tert-OH is 2. The van der Waals surface area contributed by atoms with Gasteiger partial charge >= 0.3 is 0 Å². The van der Waals surface area contributed by atoms with Gasteiger partial charge in [-0.1, -0.05) is 61.8 Å². The second-order valence-electron chi connectivity index (χ2n) is 8.46. The summed E-state index contributed by atoms with van der Waals surface area (Å²) < 4.78 is 0. The van der Waals surface area contributed by atoms with Crippen molar-refractivity contribution >= 4 is 0 Å². The molecule has 3 heteroatoms. The molecule has 0 spiro atoms. The Labute approximate surface area is 175 Å². The topological polar surface area (TPSA) is 60.7 Å². The Morgan fingerprint density at radius 3 is 2.72 bits per heavy atom. The standard InChI is InChI=1S/C26H34O3/c1-19(15-16-21-12-9-10-14-24(21)26(3,4)29)11-7-5-6-8-13-22-17-23(27)18-25(28)20(22)2/h6,8-10,12-14,19,23,25,27-29H,2,5,7,11,17-18H2,1,3-4H3/b8-6+,22-13-/t19-,23-,25+/m1/s1. The van der Waals surface area contributed by atoms with Crippen LogP contribution in [0, 0.1) is 17.8 Å². The molecule has 0 bridgehead atoms. The monoisotopic (exact) mass is 394 g/mol. The molecule has 29 heavy (non-hydrogen) atoms. The van der Waals surface area contributed by atoms with Crippen molar-refractivity contribution in [3.05, 3.63) is 71.3 Å². The van der Waals surface area contributed by atoms with Crippen LogP contribution in [0.5, 0.6) is 0 Å². The zero-order chi connectivity index (χ0) is 21.4. The molecule has 156 valence electrons. The van der Waals surface area contributed by atoms with Gasteiger partial charge in [-0.25, -0.2) is 0 Å². The van der Waals surface area contributed by atoms with E-state index in [4.69, 9.17) is 0 Å². The summed E-state index contributed by atoms with van der Waals surface area (Å²) in [6.45, 7) is 9.61. The van der Waals surface area contributed by atoms with Crippen molar-refractivity contribution in [1.29, 1.82) is 0 Å². The van der Waals surface area contributed by atoms with Crippen LogP contribution < -0.4 is 0 Å². The third-order valence-electron chi connectivity index (χ3n) is 5.25. The van der Waals surface area contributed by atoms with Gasteiger partial charge in [0.1, 0.15) is 0 Å². The lowest BCUT2D eigenvalue weighted by Crippen LogP contribution is -2.26. The number of aliphatic hydroxyl groups is 3. The zero-order valence-corrected chi connectivity index (χ0v) is 17.9. The van der Waals surface area contributed by atoms with Crippen molar-refractivity contribution < 1.29 is 15.3 Å². The number of benzene rings is 1. The van der Waals surface area contributed by atoms with Crippen molar-refractivity contribution in [3.63, 3.8) is 0 Å². The van der Waals surface area contributed by atoms with E-state index in [1.165, 1.54) is 0 Å². The maximum absolute atomic E-state index is 10.3. The largest absolute Gasteiger partial charge is 0.393 e. The maximum Gasteiger partial charge on any atom is 0.0852 e. The fourth-order valence-electron chi connectivity index (χ4n) is 3.48. The lowest BCUT2D eigenvalue weighted by atomic mass is 9.86. The molecule has 1 saturated carbocycles. The summed E-state index contributed by atoms with van der Waals surface area (Å²) in [6.07, 6.45) is 8.84. The van der Waals surface area contributed by atoms with Crippen LogP contribution in [0.25, 0.3) is 0 Å².